The van der Waals surface area contributed by atoms with Gasteiger partial charge in [0.15, 0.2) is 25.1 Å². The highest BCUT2D eigenvalue weighted by Gasteiger charge is 2.57. The SMILES string of the molecule is C[Si]1(C)C2=CC(=[N+]3CC(F)(C(=O)NCCOCCOCCC(=O)NCCCC[C@@H]4SC[C@@H]5NC(=O)N[C@@H]54)C3)C=CC2=C(c2cc(C(=O)NCCOCCOCCCCCCCl)ccc2C=O)c2ccc(N3CC(F)C3)cc21. The standard InChI is InChI=1S/C56H74ClF2N7O9SSi/c1-77(2)48-30-41(65-32-40(58)33-65)12-14-43(48)51(45-29-38(10-11-39(45)34-67)53(69)61-19-23-74-27-25-72-21-8-4-3-6-17-57)44-15-13-42(31-49(44)77)66-36-56(59,37-66)54(70)62-20-24-75-28-26-73-22-16-50(68)60-18-7-5-9-47-52-46(35-76-47)63-55(71)64-52/h10-15,29-31,34,40,46-47,52H,3-9,16-28,32-33,35-37H2,1-2H3,(H4-,60,61,62,63,64,68,69,70,71)/p+1/t46-,47-,52-/m0/s1. The quantitative estimate of drug-likeness (QED) is 0.0168. The molecule has 0 bridgehead atoms. The molecule has 0 aromatic heterocycles. The van der Waals surface area contributed by atoms with E-state index < -0.39 is 25.8 Å². The summed E-state index contributed by atoms with van der Waals surface area (Å²) < 4.78 is 54.6. The van der Waals surface area contributed by atoms with Crippen molar-refractivity contribution >= 4 is 83.6 Å². The number of alkyl halides is 3. The molecule has 4 fully saturated rings. The lowest BCUT2D eigenvalue weighted by Gasteiger charge is -2.41. The minimum atomic E-state index is -2.56. The van der Waals surface area contributed by atoms with Gasteiger partial charge in [-0.25, -0.2) is 18.2 Å². The zero-order chi connectivity index (χ0) is 54.4. The van der Waals surface area contributed by atoms with E-state index in [1.807, 2.05) is 45.5 Å². The van der Waals surface area contributed by atoms with Gasteiger partial charge < -0.3 is 50.4 Å². The first-order chi connectivity index (χ1) is 37.3. The predicted octanol–water partition coefficient (Wildman–Crippen LogP) is 5.15. The highest BCUT2D eigenvalue weighted by atomic mass is 35.5. The van der Waals surface area contributed by atoms with E-state index >= 15 is 4.39 Å². The Morgan fingerprint density at radius 3 is 2.31 bits per heavy atom. The number of nitrogens with one attached hydrogen (secondary N) is 5. The Bertz CT molecular complexity index is 2590. The van der Waals surface area contributed by atoms with Crippen molar-refractivity contribution in [2.24, 2.45) is 0 Å². The average molecular weight is 1120 g/mol. The van der Waals surface area contributed by atoms with Crippen molar-refractivity contribution in [3.8, 4) is 0 Å². The molecule has 4 saturated heterocycles. The maximum atomic E-state index is 16.1. The normalized spacial score (nSPS) is 22.0. The molecule has 77 heavy (non-hydrogen) atoms. The van der Waals surface area contributed by atoms with Crippen LogP contribution in [-0.4, -0.2) is 188 Å². The van der Waals surface area contributed by atoms with Crippen LogP contribution < -0.4 is 36.7 Å². The van der Waals surface area contributed by atoms with Crippen LogP contribution in [0.25, 0.3) is 5.57 Å². The Labute approximate surface area is 460 Å². The van der Waals surface area contributed by atoms with Crippen LogP contribution in [0.1, 0.15) is 83.2 Å². The predicted molar refractivity (Wildman–Crippen MR) is 299 cm³/mol. The summed E-state index contributed by atoms with van der Waals surface area (Å²) in [5.74, 6) is 0.514. The van der Waals surface area contributed by atoms with Crippen LogP contribution in [0.15, 0.2) is 65.4 Å². The van der Waals surface area contributed by atoms with Gasteiger partial charge in [-0.15, -0.1) is 11.6 Å². The molecule has 5 heterocycles. The zero-order valence-corrected chi connectivity index (χ0v) is 46.9. The number of urea groups is 1. The molecule has 0 unspecified atom stereocenters. The second-order valence-electron chi connectivity index (χ2n) is 21.0. The number of fused-ring (bicyclic) bond motifs is 3. The number of aldehydes is 1. The van der Waals surface area contributed by atoms with Crippen molar-refractivity contribution < 1.29 is 56.3 Å². The van der Waals surface area contributed by atoms with E-state index in [2.05, 4.69) is 51.8 Å². The number of amides is 5. The maximum absolute atomic E-state index is 16.1. The second kappa shape index (κ2) is 27.8. The molecule has 16 nitrogen and oxygen atoms in total. The maximum Gasteiger partial charge on any atom is 0.315 e. The molecule has 3 atom stereocenters. The molecular weight excluding hydrogens is 1050 g/mol. The number of hydrogen-bond donors (Lipinski definition) is 5. The number of thioether (sulfide) groups is 1. The summed E-state index contributed by atoms with van der Waals surface area (Å²) in [6.45, 7) is 8.63. The number of rotatable bonds is 31. The Morgan fingerprint density at radius 1 is 0.844 bits per heavy atom. The van der Waals surface area contributed by atoms with Crippen LogP contribution >= 0.6 is 23.4 Å². The Balaban J connectivity index is 0.816. The molecule has 0 radical (unpaired) electrons. The van der Waals surface area contributed by atoms with Gasteiger partial charge >= 0.3 is 11.7 Å². The molecule has 8 rings (SSSR count). The Hall–Kier alpha value is -4.96. The van der Waals surface area contributed by atoms with Gasteiger partial charge in [-0.3, -0.25) is 19.2 Å². The van der Waals surface area contributed by atoms with E-state index in [9.17, 15) is 28.4 Å². The summed E-state index contributed by atoms with van der Waals surface area (Å²) in [6.07, 6.45) is 13.1. The van der Waals surface area contributed by atoms with Crippen LogP contribution in [0, 0.1) is 0 Å². The Morgan fingerprint density at radius 2 is 1.57 bits per heavy atom. The van der Waals surface area contributed by atoms with Gasteiger partial charge in [0.1, 0.15) is 14.2 Å². The molecule has 1 aliphatic carbocycles. The van der Waals surface area contributed by atoms with Crippen LogP contribution in [0.5, 0.6) is 0 Å². The van der Waals surface area contributed by atoms with E-state index in [0.717, 1.165) is 95.5 Å². The number of anilines is 1. The largest absolute Gasteiger partial charge is 0.379 e. The summed E-state index contributed by atoms with van der Waals surface area (Å²) in [4.78, 5) is 65.4. The minimum absolute atomic E-state index is 0.0800. The molecule has 5 amide bonds. The number of hydrogen-bond acceptors (Lipinski definition) is 11. The third-order valence-corrected chi connectivity index (χ3v) is 20.4. The van der Waals surface area contributed by atoms with Crippen LogP contribution in [0.4, 0.5) is 19.3 Å². The number of nitrogens with zero attached hydrogens (tertiary/aromatic N) is 2. The van der Waals surface area contributed by atoms with Crippen molar-refractivity contribution in [1.82, 2.24) is 26.6 Å². The molecule has 2 aromatic carbocycles. The summed E-state index contributed by atoms with van der Waals surface area (Å²) in [5, 5.41) is 17.0. The van der Waals surface area contributed by atoms with Gasteiger partial charge in [0.25, 0.3) is 11.8 Å². The first-order valence-electron chi connectivity index (χ1n) is 27.3. The molecule has 5 N–H and O–H groups in total. The van der Waals surface area contributed by atoms with E-state index in [4.69, 9.17) is 30.5 Å². The first-order valence-corrected chi connectivity index (χ1v) is 31.9. The minimum Gasteiger partial charge on any atom is -0.379 e. The topological polar surface area (TPSA) is 189 Å². The van der Waals surface area contributed by atoms with Gasteiger partial charge in [0, 0.05) is 78.5 Å². The van der Waals surface area contributed by atoms with E-state index in [0.29, 0.717) is 73.9 Å². The molecule has 0 spiro atoms. The third-order valence-electron chi connectivity index (χ3n) is 15.1. The monoisotopic (exact) mass is 1120 g/mol. The van der Waals surface area contributed by atoms with E-state index in [-0.39, 0.29) is 89.0 Å². The summed E-state index contributed by atoms with van der Waals surface area (Å²) in [7, 11) is -2.56. The zero-order valence-electron chi connectivity index (χ0n) is 44.4. The molecule has 21 heteroatoms. The van der Waals surface area contributed by atoms with E-state index in [1.165, 1.54) is 0 Å². The van der Waals surface area contributed by atoms with Crippen molar-refractivity contribution in [3.05, 3.63) is 87.6 Å². The molecule has 5 aliphatic heterocycles. The molecule has 2 aromatic rings. The Kier molecular flexibility index (Phi) is 21.0. The number of carbonyl (C=O) groups excluding carboxylic acids is 5. The van der Waals surface area contributed by atoms with Crippen LogP contribution in [0.3, 0.4) is 0 Å². The number of allylic oxidation sites excluding steroid dienone is 5. The van der Waals surface area contributed by atoms with Gasteiger partial charge in [-0.05, 0) is 88.7 Å². The fourth-order valence-corrected chi connectivity index (χ4v) is 15.5. The van der Waals surface area contributed by atoms with Gasteiger partial charge in [-0.2, -0.15) is 11.8 Å². The lowest BCUT2D eigenvalue weighted by molar-refractivity contribution is -0.612. The summed E-state index contributed by atoms with van der Waals surface area (Å²) >= 11 is 7.63. The molecular formula is C56H75ClF2N7O9SSi+. The molecule has 0 saturated carbocycles. The second-order valence-corrected chi connectivity index (χ2v) is 27.0. The van der Waals surface area contributed by atoms with Gasteiger partial charge in [0.05, 0.1) is 71.4 Å². The lowest BCUT2D eigenvalue weighted by atomic mass is 9.86. The fraction of sp³-hybridized carbons (Fsp3) is 0.571. The fourth-order valence-electron chi connectivity index (χ4n) is 10.7. The van der Waals surface area contributed by atoms with Crippen molar-refractivity contribution in [2.45, 2.75) is 93.6 Å². The highest BCUT2D eigenvalue weighted by Crippen LogP contribution is 2.43. The first kappa shape index (κ1) is 58.2. The lowest BCUT2D eigenvalue weighted by Crippen LogP contribution is -2.63. The van der Waals surface area contributed by atoms with Crippen molar-refractivity contribution in [2.75, 3.05) is 115 Å². The molecule has 6 aliphatic rings. The number of ether oxygens (including phenoxy) is 4. The summed E-state index contributed by atoms with van der Waals surface area (Å²) in [5.41, 5.74) is 3.59. The van der Waals surface area contributed by atoms with E-state index in [1.54, 1.807) is 18.2 Å². The van der Waals surface area contributed by atoms with Crippen molar-refractivity contribution in [1.29, 1.82) is 0 Å². The number of carbonyl (C=O) groups is 5. The van der Waals surface area contributed by atoms with Crippen molar-refractivity contribution in [3.63, 3.8) is 0 Å². The van der Waals surface area contributed by atoms with Gasteiger partial charge in [0.2, 0.25) is 5.91 Å². The van der Waals surface area contributed by atoms with Crippen LogP contribution in [-0.2, 0) is 28.5 Å². The van der Waals surface area contributed by atoms with Gasteiger partial charge in [-0.1, -0.05) is 44.5 Å². The number of benzene rings is 2. The smallest absolute Gasteiger partial charge is 0.315 e. The van der Waals surface area contributed by atoms with Crippen LogP contribution in [0.2, 0.25) is 13.1 Å². The number of halogens is 3. The molecule has 418 valence electrons. The third kappa shape index (κ3) is 14.8. The number of unbranched alkanes of at least 4 members (excludes halogenated alkanes) is 4. The highest BCUT2D eigenvalue weighted by molar-refractivity contribution is 8.00. The summed E-state index contributed by atoms with van der Waals surface area (Å²) in [6, 6.07) is 11.6. The average Bonchev–Trinajstić information content (AvgIpc) is 4.03.